The monoisotopic (exact) mass is 376 g/mol. The number of carbonyl (C=O) groups excluding carboxylic acids is 2. The Hall–Kier alpha value is -2.39. The van der Waals surface area contributed by atoms with Gasteiger partial charge < -0.3 is 4.74 Å². The minimum Gasteiger partial charge on any atom is -0.462 e. The molecule has 0 aliphatic rings. The maximum Gasteiger partial charge on any atom is 0.338 e. The molecule has 130 valence electrons. The Morgan fingerprint density at radius 3 is 2.88 bits per heavy atom. The molecule has 9 heteroatoms. The van der Waals surface area contributed by atoms with Crippen molar-refractivity contribution in [1.82, 2.24) is 14.6 Å². The van der Waals surface area contributed by atoms with Crippen molar-refractivity contribution in [2.45, 2.75) is 26.7 Å². The average molecular weight is 376 g/mol. The molecule has 0 radical (unpaired) electrons. The smallest absolute Gasteiger partial charge is 0.338 e. The molecule has 0 aliphatic carbocycles. The predicted molar refractivity (Wildman–Crippen MR) is 97.4 cm³/mol. The second-order valence-electron chi connectivity index (χ2n) is 5.17. The number of amides is 1. The molecular weight excluding hydrogens is 360 g/mol. The largest absolute Gasteiger partial charge is 0.462 e. The molecule has 1 amide bonds. The number of nitrogens with one attached hydrogen (secondary N) is 1. The van der Waals surface area contributed by atoms with Crippen molar-refractivity contribution in [3.05, 3.63) is 34.3 Å². The van der Waals surface area contributed by atoms with Crippen molar-refractivity contribution in [2.75, 3.05) is 11.9 Å². The van der Waals surface area contributed by atoms with Crippen LogP contribution in [0, 0.1) is 0 Å². The van der Waals surface area contributed by atoms with Crippen LogP contribution in [-0.4, -0.2) is 33.1 Å². The van der Waals surface area contributed by atoms with Crippen LogP contribution in [0.2, 0.25) is 0 Å². The maximum absolute atomic E-state index is 12.4. The fraction of sp³-hybridized carbons (Fsp3) is 0.312. The van der Waals surface area contributed by atoms with Crippen LogP contribution in [0.5, 0.6) is 0 Å². The van der Waals surface area contributed by atoms with Gasteiger partial charge in [-0.2, -0.15) is 0 Å². The highest BCUT2D eigenvalue weighted by molar-refractivity contribution is 7.22. The van der Waals surface area contributed by atoms with Crippen molar-refractivity contribution < 1.29 is 14.3 Å². The summed E-state index contributed by atoms with van der Waals surface area (Å²) in [6.45, 7) is 4.11. The fourth-order valence-electron chi connectivity index (χ4n) is 2.25. The van der Waals surface area contributed by atoms with E-state index in [2.05, 4.69) is 19.9 Å². The minimum absolute atomic E-state index is 0.261. The third kappa shape index (κ3) is 3.83. The van der Waals surface area contributed by atoms with Gasteiger partial charge in [-0.15, -0.1) is 5.10 Å². The third-order valence-electron chi connectivity index (χ3n) is 3.37. The average Bonchev–Trinajstić information content (AvgIpc) is 3.20. The third-order valence-corrected chi connectivity index (χ3v) is 5.07. The number of carbonyl (C=O) groups is 2. The summed E-state index contributed by atoms with van der Waals surface area (Å²) in [5.41, 5.74) is 1.88. The first-order chi connectivity index (χ1) is 12.1. The normalized spacial score (nSPS) is 10.8. The van der Waals surface area contributed by atoms with E-state index in [1.807, 2.05) is 6.92 Å². The van der Waals surface area contributed by atoms with Crippen molar-refractivity contribution in [1.29, 1.82) is 0 Å². The van der Waals surface area contributed by atoms with Gasteiger partial charge in [0.1, 0.15) is 4.88 Å². The summed E-state index contributed by atoms with van der Waals surface area (Å²) in [4.78, 5) is 29.1. The zero-order valence-electron chi connectivity index (χ0n) is 13.7. The number of hydrogen-bond donors (Lipinski definition) is 1. The lowest BCUT2D eigenvalue weighted by molar-refractivity contribution is 0.0526. The lowest BCUT2D eigenvalue weighted by Crippen LogP contribution is -2.12. The van der Waals surface area contributed by atoms with Crippen LogP contribution in [0.1, 0.15) is 46.0 Å². The number of ether oxygens (including phenoxy) is 1. The van der Waals surface area contributed by atoms with Gasteiger partial charge in [-0.05, 0) is 43.1 Å². The second-order valence-corrected chi connectivity index (χ2v) is 6.96. The Morgan fingerprint density at radius 1 is 1.28 bits per heavy atom. The standard InChI is InChI=1S/C16H16N4O3S2/c1-3-5-11-13(25-20-19-11)14(21)18-16-17-10-7-6-9(8-12(10)24-16)15(22)23-4-2/h6-8H,3-5H2,1-2H3,(H,17,18,21). The van der Waals surface area contributed by atoms with E-state index in [1.165, 1.54) is 11.3 Å². The number of benzene rings is 1. The van der Waals surface area contributed by atoms with Crippen molar-refractivity contribution in [2.24, 2.45) is 0 Å². The first-order valence-corrected chi connectivity index (χ1v) is 9.41. The summed E-state index contributed by atoms with van der Waals surface area (Å²) in [6, 6.07) is 5.13. The number of aryl methyl sites for hydroxylation is 1. The van der Waals surface area contributed by atoms with Crippen LogP contribution in [-0.2, 0) is 11.2 Å². The molecule has 0 unspecified atom stereocenters. The molecule has 0 atom stereocenters. The molecule has 0 fully saturated rings. The number of hydrogen-bond acceptors (Lipinski definition) is 8. The van der Waals surface area contributed by atoms with Crippen LogP contribution in [0.3, 0.4) is 0 Å². The van der Waals surface area contributed by atoms with Gasteiger partial charge in [-0.25, -0.2) is 9.78 Å². The van der Waals surface area contributed by atoms with Gasteiger partial charge in [0.15, 0.2) is 5.13 Å². The summed E-state index contributed by atoms with van der Waals surface area (Å²) < 4.78 is 9.66. The van der Waals surface area contributed by atoms with Crippen molar-refractivity contribution in [3.63, 3.8) is 0 Å². The van der Waals surface area contributed by atoms with Gasteiger partial charge in [0.05, 0.1) is 28.1 Å². The molecule has 25 heavy (non-hydrogen) atoms. The number of nitrogens with zero attached hydrogens (tertiary/aromatic N) is 3. The molecule has 7 nitrogen and oxygen atoms in total. The Bertz CT molecular complexity index is 919. The maximum atomic E-state index is 12.4. The molecule has 1 N–H and O–H groups in total. The highest BCUT2D eigenvalue weighted by Crippen LogP contribution is 2.28. The SMILES string of the molecule is CCCc1nnsc1C(=O)Nc1nc2ccc(C(=O)OCC)cc2s1. The van der Waals surface area contributed by atoms with Crippen LogP contribution in [0.25, 0.3) is 10.2 Å². The molecular formula is C16H16N4O3S2. The molecule has 0 bridgehead atoms. The van der Waals surface area contributed by atoms with Gasteiger partial charge in [0, 0.05) is 0 Å². The number of aromatic nitrogens is 3. The summed E-state index contributed by atoms with van der Waals surface area (Å²) in [5.74, 6) is -0.633. The van der Waals surface area contributed by atoms with Crippen LogP contribution in [0.4, 0.5) is 5.13 Å². The first kappa shape index (κ1) is 17.4. The van der Waals surface area contributed by atoms with Crippen LogP contribution >= 0.6 is 22.9 Å². The second kappa shape index (κ2) is 7.66. The predicted octanol–water partition coefficient (Wildman–Crippen LogP) is 3.53. The Balaban J connectivity index is 1.81. The van der Waals surface area contributed by atoms with Gasteiger partial charge in [0.2, 0.25) is 0 Å². The lowest BCUT2D eigenvalue weighted by Gasteiger charge is -2.00. The summed E-state index contributed by atoms with van der Waals surface area (Å²) in [7, 11) is 0. The van der Waals surface area contributed by atoms with E-state index in [-0.39, 0.29) is 11.9 Å². The van der Waals surface area contributed by atoms with Gasteiger partial charge in [-0.1, -0.05) is 29.2 Å². The van der Waals surface area contributed by atoms with E-state index in [0.717, 1.165) is 22.7 Å². The molecule has 0 saturated heterocycles. The molecule has 2 aromatic heterocycles. The van der Waals surface area contributed by atoms with E-state index in [9.17, 15) is 9.59 Å². The molecule has 2 heterocycles. The number of fused-ring (bicyclic) bond motifs is 1. The van der Waals surface area contributed by atoms with Crippen molar-refractivity contribution >= 4 is 50.1 Å². The zero-order chi connectivity index (χ0) is 17.8. The van der Waals surface area contributed by atoms with Gasteiger partial charge in [-0.3, -0.25) is 10.1 Å². The summed E-state index contributed by atoms with van der Waals surface area (Å²) >= 11 is 2.38. The quantitative estimate of drug-likeness (QED) is 0.662. The van der Waals surface area contributed by atoms with E-state index >= 15 is 0 Å². The Labute approximate surface area is 152 Å². The zero-order valence-corrected chi connectivity index (χ0v) is 15.4. The molecule has 3 aromatic rings. The molecule has 0 saturated carbocycles. The first-order valence-electron chi connectivity index (χ1n) is 7.82. The lowest BCUT2D eigenvalue weighted by atomic mass is 10.2. The van der Waals surface area contributed by atoms with Gasteiger partial charge >= 0.3 is 5.97 Å². The number of esters is 1. The Morgan fingerprint density at radius 2 is 2.12 bits per heavy atom. The van der Waals surface area contributed by atoms with Crippen LogP contribution < -0.4 is 5.32 Å². The number of rotatable bonds is 6. The topological polar surface area (TPSA) is 94.1 Å². The fourth-order valence-corrected chi connectivity index (χ4v) is 3.76. The molecule has 0 aliphatic heterocycles. The van der Waals surface area contributed by atoms with E-state index in [4.69, 9.17) is 4.74 Å². The Kier molecular flexibility index (Phi) is 5.34. The number of thiazole rings is 1. The highest BCUT2D eigenvalue weighted by atomic mass is 32.1. The summed E-state index contributed by atoms with van der Waals surface area (Å²) in [6.07, 6.45) is 1.60. The van der Waals surface area contributed by atoms with Crippen molar-refractivity contribution in [3.8, 4) is 0 Å². The minimum atomic E-state index is -0.372. The molecule has 1 aromatic carbocycles. The van der Waals surface area contributed by atoms with E-state index in [0.29, 0.717) is 39.8 Å². The van der Waals surface area contributed by atoms with Gasteiger partial charge in [0.25, 0.3) is 5.91 Å². The van der Waals surface area contributed by atoms with Crippen LogP contribution in [0.15, 0.2) is 18.2 Å². The van der Waals surface area contributed by atoms with E-state index < -0.39 is 0 Å². The molecule has 0 spiro atoms. The summed E-state index contributed by atoms with van der Waals surface area (Å²) in [5, 5.41) is 7.26. The van der Waals surface area contributed by atoms with E-state index in [1.54, 1.807) is 25.1 Å². The number of anilines is 1. The highest BCUT2D eigenvalue weighted by Gasteiger charge is 2.18. The molecule has 3 rings (SSSR count).